The van der Waals surface area contributed by atoms with Crippen molar-refractivity contribution in [1.29, 1.82) is 0 Å². The number of hydrogen-bond donors (Lipinski definition) is 0. The van der Waals surface area contributed by atoms with Gasteiger partial charge in [-0.15, -0.1) is 0 Å². The van der Waals surface area contributed by atoms with Gasteiger partial charge in [-0.2, -0.15) is 4.98 Å². The van der Waals surface area contributed by atoms with E-state index in [0.717, 1.165) is 36.7 Å². The lowest BCUT2D eigenvalue weighted by molar-refractivity contribution is 0.119. The molecule has 0 amide bonds. The van der Waals surface area contributed by atoms with Crippen LogP contribution in [0.2, 0.25) is 23.4 Å². The first-order valence-corrected chi connectivity index (χ1v) is 12.1. The zero-order valence-corrected chi connectivity index (χ0v) is 17.1. The van der Waals surface area contributed by atoms with E-state index in [1.165, 1.54) is 0 Å². The molecule has 1 fully saturated rings. The Morgan fingerprint density at radius 3 is 2.50 bits per heavy atom. The van der Waals surface area contributed by atoms with Gasteiger partial charge in [0.2, 0.25) is 5.28 Å². The molecule has 0 aromatic carbocycles. The van der Waals surface area contributed by atoms with Crippen molar-refractivity contribution in [3.63, 3.8) is 0 Å². The average molecular weight is 366 g/mol. The molecule has 0 spiro atoms. The van der Waals surface area contributed by atoms with Crippen LogP contribution < -0.4 is 0 Å². The van der Waals surface area contributed by atoms with Crippen molar-refractivity contribution < 1.29 is 4.43 Å². The minimum atomic E-state index is -1.68. The smallest absolute Gasteiger partial charge is 0.224 e. The van der Waals surface area contributed by atoms with Gasteiger partial charge in [0.1, 0.15) is 5.65 Å². The SMILES string of the molecule is CC(C)(C)[Si](C)(C)OC1CCC(n2ccc3cnc(Cl)nc32)CC1. The Labute approximate surface area is 150 Å². The summed E-state index contributed by atoms with van der Waals surface area (Å²) in [5.41, 5.74) is 0.948. The summed E-state index contributed by atoms with van der Waals surface area (Å²) in [4.78, 5) is 8.48. The van der Waals surface area contributed by atoms with E-state index in [1.54, 1.807) is 6.20 Å². The van der Waals surface area contributed by atoms with E-state index >= 15 is 0 Å². The molecule has 0 radical (unpaired) electrons. The molecular weight excluding hydrogens is 338 g/mol. The minimum Gasteiger partial charge on any atom is -0.414 e. The van der Waals surface area contributed by atoms with Crippen molar-refractivity contribution in [2.75, 3.05) is 0 Å². The van der Waals surface area contributed by atoms with Crippen molar-refractivity contribution in [3.05, 3.63) is 23.7 Å². The van der Waals surface area contributed by atoms with Crippen molar-refractivity contribution in [2.45, 2.75) is 76.7 Å². The Bertz CT molecular complexity index is 715. The zero-order valence-electron chi connectivity index (χ0n) is 15.3. The summed E-state index contributed by atoms with van der Waals surface area (Å²) >= 11 is 5.97. The number of rotatable bonds is 3. The molecule has 0 saturated heterocycles. The van der Waals surface area contributed by atoms with Gasteiger partial charge in [0.25, 0.3) is 0 Å². The van der Waals surface area contributed by atoms with Crippen molar-refractivity contribution >= 4 is 31.0 Å². The molecule has 2 aromatic heterocycles. The summed E-state index contributed by atoms with van der Waals surface area (Å²) in [6.45, 7) is 11.6. The first-order chi connectivity index (χ1) is 11.2. The Morgan fingerprint density at radius 1 is 1.21 bits per heavy atom. The molecule has 0 aliphatic heterocycles. The van der Waals surface area contributed by atoms with Gasteiger partial charge in [-0.05, 0) is 61.5 Å². The van der Waals surface area contributed by atoms with Gasteiger partial charge >= 0.3 is 0 Å². The Hall–Kier alpha value is -0.913. The predicted molar refractivity (Wildman–Crippen MR) is 102 cm³/mol. The highest BCUT2D eigenvalue weighted by molar-refractivity contribution is 6.74. The largest absolute Gasteiger partial charge is 0.414 e. The first-order valence-electron chi connectivity index (χ1n) is 8.84. The normalized spacial score (nSPS) is 22.9. The first kappa shape index (κ1) is 17.9. The van der Waals surface area contributed by atoms with Gasteiger partial charge < -0.3 is 8.99 Å². The van der Waals surface area contributed by atoms with Crippen LogP contribution in [0.3, 0.4) is 0 Å². The molecule has 1 saturated carbocycles. The lowest BCUT2D eigenvalue weighted by Crippen LogP contribution is -2.44. The third kappa shape index (κ3) is 3.53. The van der Waals surface area contributed by atoms with E-state index in [9.17, 15) is 0 Å². The van der Waals surface area contributed by atoms with Crippen LogP contribution in [-0.2, 0) is 4.43 Å². The summed E-state index contributed by atoms with van der Waals surface area (Å²) in [5.74, 6) is 0. The Kier molecular flexibility index (Phi) is 4.79. The second-order valence-corrected chi connectivity index (χ2v) is 13.5. The Morgan fingerprint density at radius 2 is 1.88 bits per heavy atom. The standard InChI is InChI=1S/C18H28ClN3OSi/c1-18(2,3)24(4,5)23-15-8-6-14(7-9-15)22-11-10-13-12-20-17(19)21-16(13)22/h10-12,14-15H,6-9H2,1-5H3. The maximum absolute atomic E-state index is 6.60. The third-order valence-corrected chi connectivity index (χ3v) is 10.4. The van der Waals surface area contributed by atoms with Crippen LogP contribution in [0.4, 0.5) is 0 Å². The predicted octanol–water partition coefficient (Wildman–Crippen LogP) is 5.59. The maximum Gasteiger partial charge on any atom is 0.224 e. The van der Waals surface area contributed by atoms with E-state index in [4.69, 9.17) is 16.0 Å². The van der Waals surface area contributed by atoms with E-state index in [-0.39, 0.29) is 5.04 Å². The molecule has 2 aromatic rings. The zero-order chi connectivity index (χ0) is 17.5. The number of aromatic nitrogens is 3. The quantitative estimate of drug-likeness (QED) is 0.525. The van der Waals surface area contributed by atoms with E-state index < -0.39 is 8.32 Å². The molecular formula is C18H28ClN3OSi. The van der Waals surface area contributed by atoms with Gasteiger partial charge in [0.15, 0.2) is 8.32 Å². The van der Waals surface area contributed by atoms with Gasteiger partial charge in [-0.3, -0.25) is 0 Å². The van der Waals surface area contributed by atoms with Crippen LogP contribution in [-0.4, -0.2) is 29.0 Å². The molecule has 4 nitrogen and oxygen atoms in total. The highest BCUT2D eigenvalue weighted by atomic mass is 35.5. The van der Waals surface area contributed by atoms with Gasteiger partial charge in [0, 0.05) is 29.9 Å². The second-order valence-electron chi connectivity index (χ2n) is 8.45. The van der Waals surface area contributed by atoms with Crippen LogP contribution in [0, 0.1) is 0 Å². The van der Waals surface area contributed by atoms with Crippen molar-refractivity contribution in [3.8, 4) is 0 Å². The minimum absolute atomic E-state index is 0.272. The molecule has 3 rings (SSSR count). The molecule has 1 aliphatic rings. The number of fused-ring (bicyclic) bond motifs is 1. The average Bonchev–Trinajstić information content (AvgIpc) is 2.89. The second kappa shape index (κ2) is 6.43. The summed E-state index contributed by atoms with van der Waals surface area (Å²) in [7, 11) is -1.68. The number of hydrogen-bond acceptors (Lipinski definition) is 3. The van der Waals surface area contributed by atoms with Crippen molar-refractivity contribution in [1.82, 2.24) is 14.5 Å². The van der Waals surface area contributed by atoms with Crippen LogP contribution >= 0.6 is 11.6 Å². The topological polar surface area (TPSA) is 39.9 Å². The van der Waals surface area contributed by atoms with E-state index in [2.05, 4.69) is 60.7 Å². The highest BCUT2D eigenvalue weighted by Crippen LogP contribution is 2.40. The van der Waals surface area contributed by atoms with Crippen LogP contribution in [0.5, 0.6) is 0 Å². The Balaban J connectivity index is 1.68. The highest BCUT2D eigenvalue weighted by Gasteiger charge is 2.39. The van der Waals surface area contributed by atoms with E-state index in [0.29, 0.717) is 17.4 Å². The monoisotopic (exact) mass is 365 g/mol. The molecule has 1 aliphatic carbocycles. The molecule has 2 heterocycles. The molecule has 0 bridgehead atoms. The summed E-state index contributed by atoms with van der Waals surface area (Å²) < 4.78 is 8.87. The van der Waals surface area contributed by atoms with Crippen molar-refractivity contribution in [2.24, 2.45) is 0 Å². The van der Waals surface area contributed by atoms with Gasteiger partial charge in [-0.1, -0.05) is 20.8 Å². The fraction of sp³-hybridized carbons (Fsp3) is 0.667. The lowest BCUT2D eigenvalue weighted by atomic mass is 9.93. The summed E-state index contributed by atoms with van der Waals surface area (Å²) in [5, 5.41) is 1.64. The summed E-state index contributed by atoms with van der Waals surface area (Å²) in [6.07, 6.45) is 8.82. The van der Waals surface area contributed by atoms with Gasteiger partial charge in [-0.25, -0.2) is 4.98 Å². The van der Waals surface area contributed by atoms with Crippen LogP contribution in [0.15, 0.2) is 18.5 Å². The molecule has 6 heteroatoms. The van der Waals surface area contributed by atoms with Gasteiger partial charge in [0.05, 0.1) is 0 Å². The molecule has 0 atom stereocenters. The fourth-order valence-electron chi connectivity index (χ4n) is 3.25. The molecule has 0 N–H and O–H groups in total. The maximum atomic E-state index is 6.60. The molecule has 24 heavy (non-hydrogen) atoms. The fourth-order valence-corrected chi connectivity index (χ4v) is 4.80. The summed E-state index contributed by atoms with van der Waals surface area (Å²) in [6, 6.07) is 2.55. The third-order valence-electron chi connectivity index (χ3n) is 5.73. The van der Waals surface area contributed by atoms with E-state index in [1.807, 2.05) is 0 Å². The molecule has 0 unspecified atom stereocenters. The van der Waals surface area contributed by atoms with Crippen LogP contribution in [0.1, 0.15) is 52.5 Å². The number of halogens is 1. The van der Waals surface area contributed by atoms with Crippen LogP contribution in [0.25, 0.3) is 11.0 Å². The molecule has 132 valence electrons. The number of nitrogens with zero attached hydrogens (tertiary/aromatic N) is 3. The lowest BCUT2D eigenvalue weighted by Gasteiger charge is -2.41.